The summed E-state index contributed by atoms with van der Waals surface area (Å²) in [4.78, 5) is 16.4. The average molecular weight is 477 g/mol. The van der Waals surface area contributed by atoms with Crippen LogP contribution in [-0.4, -0.2) is 23.2 Å². The van der Waals surface area contributed by atoms with E-state index in [1.807, 2.05) is 55.5 Å². The van der Waals surface area contributed by atoms with Crippen molar-refractivity contribution in [1.82, 2.24) is 10.4 Å². The number of hydrogen-bond acceptors (Lipinski definition) is 4. The molecule has 0 unspecified atom stereocenters. The number of halogens is 2. The SMILES string of the molecule is C/C(=N\NC(=O)COc1c(Br)cc(Br)c2cccnc12)c1ccccc1. The van der Waals surface area contributed by atoms with Gasteiger partial charge in [0.1, 0.15) is 5.52 Å². The molecular weight excluding hydrogens is 462 g/mol. The molecule has 0 atom stereocenters. The number of nitrogens with one attached hydrogen (secondary N) is 1. The summed E-state index contributed by atoms with van der Waals surface area (Å²) in [5.41, 5.74) is 4.84. The number of fused-ring (bicyclic) bond motifs is 1. The largest absolute Gasteiger partial charge is 0.480 e. The highest BCUT2D eigenvalue weighted by atomic mass is 79.9. The van der Waals surface area contributed by atoms with Gasteiger partial charge in [0, 0.05) is 16.1 Å². The number of benzene rings is 2. The predicted octanol–water partition coefficient (Wildman–Crippen LogP) is 4.68. The summed E-state index contributed by atoms with van der Waals surface area (Å²) in [5, 5.41) is 5.01. The number of carbonyl (C=O) groups is 1. The van der Waals surface area contributed by atoms with Gasteiger partial charge in [-0.3, -0.25) is 9.78 Å². The van der Waals surface area contributed by atoms with Gasteiger partial charge in [0.2, 0.25) is 0 Å². The Hall–Kier alpha value is -2.25. The lowest BCUT2D eigenvalue weighted by atomic mass is 10.1. The maximum absolute atomic E-state index is 12.1. The van der Waals surface area contributed by atoms with Gasteiger partial charge in [0.25, 0.3) is 5.91 Å². The van der Waals surface area contributed by atoms with Crippen LogP contribution in [0.3, 0.4) is 0 Å². The molecule has 0 saturated heterocycles. The van der Waals surface area contributed by atoms with Gasteiger partial charge in [-0.05, 0) is 40.5 Å². The fourth-order valence-electron chi connectivity index (χ4n) is 2.34. The normalized spacial score (nSPS) is 11.4. The molecule has 0 aliphatic heterocycles. The van der Waals surface area contributed by atoms with E-state index in [9.17, 15) is 4.79 Å². The van der Waals surface area contributed by atoms with E-state index in [2.05, 4.69) is 47.4 Å². The highest BCUT2D eigenvalue weighted by Gasteiger charge is 2.13. The van der Waals surface area contributed by atoms with Gasteiger partial charge in [0.15, 0.2) is 12.4 Å². The molecule has 0 radical (unpaired) electrons. The van der Waals surface area contributed by atoms with Crippen molar-refractivity contribution in [2.24, 2.45) is 5.10 Å². The summed E-state index contributed by atoms with van der Waals surface area (Å²) in [6.07, 6.45) is 1.68. The molecule has 3 aromatic rings. The minimum Gasteiger partial charge on any atom is -0.480 e. The topological polar surface area (TPSA) is 63.6 Å². The first-order valence-corrected chi connectivity index (χ1v) is 9.39. The molecule has 0 aliphatic rings. The molecule has 5 nitrogen and oxygen atoms in total. The number of rotatable bonds is 5. The van der Waals surface area contributed by atoms with Crippen LogP contribution in [0, 0.1) is 0 Å². The van der Waals surface area contributed by atoms with Gasteiger partial charge in [0.05, 0.1) is 10.2 Å². The van der Waals surface area contributed by atoms with Crippen molar-refractivity contribution in [2.45, 2.75) is 6.92 Å². The maximum Gasteiger partial charge on any atom is 0.277 e. The number of aromatic nitrogens is 1. The van der Waals surface area contributed by atoms with Crippen LogP contribution in [0.1, 0.15) is 12.5 Å². The van der Waals surface area contributed by atoms with E-state index in [1.165, 1.54) is 0 Å². The number of amides is 1. The second kappa shape index (κ2) is 8.42. The molecule has 7 heteroatoms. The predicted molar refractivity (Wildman–Crippen MR) is 109 cm³/mol. The van der Waals surface area contributed by atoms with Crippen molar-refractivity contribution in [1.29, 1.82) is 0 Å². The van der Waals surface area contributed by atoms with Gasteiger partial charge in [-0.25, -0.2) is 5.43 Å². The summed E-state index contributed by atoms with van der Waals surface area (Å²) in [6, 6.07) is 15.3. The Labute approximate surface area is 167 Å². The first-order valence-electron chi connectivity index (χ1n) is 7.80. The molecule has 3 rings (SSSR count). The van der Waals surface area contributed by atoms with Gasteiger partial charge in [-0.1, -0.05) is 52.3 Å². The van der Waals surface area contributed by atoms with Crippen molar-refractivity contribution < 1.29 is 9.53 Å². The van der Waals surface area contributed by atoms with Gasteiger partial charge >= 0.3 is 0 Å². The molecule has 132 valence electrons. The van der Waals surface area contributed by atoms with Crippen LogP contribution in [0.2, 0.25) is 0 Å². The third-order valence-corrected chi connectivity index (χ3v) is 4.88. The molecular formula is C19H15Br2N3O2. The minimum atomic E-state index is -0.348. The maximum atomic E-state index is 12.1. The van der Waals surface area contributed by atoms with E-state index in [0.717, 1.165) is 21.1 Å². The van der Waals surface area contributed by atoms with E-state index in [1.54, 1.807) is 6.20 Å². The Bertz CT molecular complexity index is 975. The number of hydrogen-bond donors (Lipinski definition) is 1. The number of nitrogens with zero attached hydrogens (tertiary/aromatic N) is 2. The van der Waals surface area contributed by atoms with Crippen LogP contribution in [0.25, 0.3) is 10.9 Å². The number of ether oxygens (including phenoxy) is 1. The molecule has 0 aliphatic carbocycles. The second-order valence-corrected chi connectivity index (χ2v) is 7.16. The lowest BCUT2D eigenvalue weighted by Crippen LogP contribution is -2.25. The quantitative estimate of drug-likeness (QED) is 0.429. The molecule has 1 amide bonds. The highest BCUT2D eigenvalue weighted by Crippen LogP contribution is 2.37. The Kier molecular flexibility index (Phi) is 6.00. The molecule has 1 heterocycles. The van der Waals surface area contributed by atoms with Crippen LogP contribution >= 0.6 is 31.9 Å². The molecule has 0 saturated carbocycles. The van der Waals surface area contributed by atoms with Crippen molar-refractivity contribution in [3.05, 3.63) is 69.2 Å². The highest BCUT2D eigenvalue weighted by molar-refractivity contribution is 9.11. The fraction of sp³-hybridized carbons (Fsp3) is 0.105. The van der Waals surface area contributed by atoms with Crippen molar-refractivity contribution in [3.63, 3.8) is 0 Å². The Balaban J connectivity index is 1.70. The van der Waals surface area contributed by atoms with Crippen LogP contribution in [0.5, 0.6) is 5.75 Å². The van der Waals surface area contributed by atoms with Crippen LogP contribution in [0.15, 0.2) is 68.8 Å². The zero-order chi connectivity index (χ0) is 18.5. The number of carbonyl (C=O) groups excluding carboxylic acids is 1. The van der Waals surface area contributed by atoms with Gasteiger partial charge in [-0.15, -0.1) is 0 Å². The van der Waals surface area contributed by atoms with E-state index in [-0.39, 0.29) is 12.5 Å². The van der Waals surface area contributed by atoms with E-state index < -0.39 is 0 Å². The van der Waals surface area contributed by atoms with Crippen LogP contribution in [0.4, 0.5) is 0 Å². The van der Waals surface area contributed by atoms with Crippen molar-refractivity contribution in [2.75, 3.05) is 6.61 Å². The molecule has 0 spiro atoms. The van der Waals surface area contributed by atoms with Gasteiger partial charge in [-0.2, -0.15) is 5.10 Å². The van der Waals surface area contributed by atoms with Crippen LogP contribution in [-0.2, 0) is 4.79 Å². The van der Waals surface area contributed by atoms with Crippen molar-refractivity contribution >= 4 is 54.4 Å². The summed E-state index contributed by atoms with van der Waals surface area (Å²) >= 11 is 6.96. The lowest BCUT2D eigenvalue weighted by molar-refractivity contribution is -0.123. The van der Waals surface area contributed by atoms with E-state index >= 15 is 0 Å². The van der Waals surface area contributed by atoms with Crippen LogP contribution < -0.4 is 10.2 Å². The third kappa shape index (κ3) is 4.28. The third-order valence-electron chi connectivity index (χ3n) is 3.64. The van der Waals surface area contributed by atoms with E-state index in [4.69, 9.17) is 4.74 Å². The summed E-state index contributed by atoms with van der Waals surface area (Å²) < 4.78 is 7.30. The Morgan fingerprint density at radius 1 is 1.15 bits per heavy atom. The number of pyridine rings is 1. The zero-order valence-electron chi connectivity index (χ0n) is 13.9. The summed E-state index contributed by atoms with van der Waals surface area (Å²) in [7, 11) is 0. The Morgan fingerprint density at radius 2 is 1.92 bits per heavy atom. The molecule has 0 bridgehead atoms. The smallest absolute Gasteiger partial charge is 0.277 e. The zero-order valence-corrected chi connectivity index (χ0v) is 17.0. The molecule has 2 aromatic carbocycles. The van der Waals surface area contributed by atoms with Gasteiger partial charge < -0.3 is 4.74 Å². The first-order chi connectivity index (χ1) is 12.6. The molecule has 26 heavy (non-hydrogen) atoms. The molecule has 0 fully saturated rings. The monoisotopic (exact) mass is 475 g/mol. The molecule has 1 aromatic heterocycles. The summed E-state index contributed by atoms with van der Waals surface area (Å²) in [6.45, 7) is 1.66. The first kappa shape index (κ1) is 18.5. The van der Waals surface area contributed by atoms with E-state index in [0.29, 0.717) is 15.7 Å². The number of hydrazone groups is 1. The Morgan fingerprint density at radius 3 is 2.69 bits per heavy atom. The fourth-order valence-corrected chi connectivity index (χ4v) is 3.73. The molecule has 1 N–H and O–H groups in total. The minimum absolute atomic E-state index is 0.169. The second-order valence-electron chi connectivity index (χ2n) is 5.46. The van der Waals surface area contributed by atoms with Crippen molar-refractivity contribution in [3.8, 4) is 5.75 Å². The lowest BCUT2D eigenvalue weighted by Gasteiger charge is -2.11. The summed E-state index contributed by atoms with van der Waals surface area (Å²) in [5.74, 6) is 0.168. The standard InChI is InChI=1S/C19H15Br2N3O2/c1-12(13-6-3-2-4-7-13)23-24-17(25)11-26-19-16(21)10-15(20)14-8-5-9-22-18(14)19/h2-10H,11H2,1H3,(H,24,25)/b23-12+. The average Bonchev–Trinajstić information content (AvgIpc) is 2.66.